The average Bonchev–Trinajstić information content (AvgIpc) is 2.47. The average molecular weight is 287 g/mol. The van der Waals surface area contributed by atoms with Crippen molar-refractivity contribution in [2.75, 3.05) is 11.9 Å². The van der Waals surface area contributed by atoms with Gasteiger partial charge in [0.05, 0.1) is 0 Å². The largest absolute Gasteiger partial charge is 0.370 e. The molecule has 0 spiro atoms. The number of anilines is 1. The maximum absolute atomic E-state index is 4.98. The van der Waals surface area contributed by atoms with Gasteiger partial charge in [-0.25, -0.2) is 9.97 Å². The molecule has 1 fully saturated rings. The molecule has 0 amide bonds. The van der Waals surface area contributed by atoms with Crippen molar-refractivity contribution in [3.8, 4) is 0 Å². The van der Waals surface area contributed by atoms with E-state index in [0.717, 1.165) is 31.0 Å². The number of rotatable bonds is 3. The van der Waals surface area contributed by atoms with Crippen molar-refractivity contribution < 1.29 is 0 Å². The van der Waals surface area contributed by atoms with E-state index in [0.29, 0.717) is 11.3 Å². The maximum Gasteiger partial charge on any atom is 0.134 e. The summed E-state index contributed by atoms with van der Waals surface area (Å²) in [4.78, 5) is 9.90. The van der Waals surface area contributed by atoms with E-state index in [2.05, 4.69) is 26.1 Å². The fourth-order valence-electron chi connectivity index (χ4n) is 3.77. The first kappa shape index (κ1) is 14.8. The molecule has 1 aromatic heterocycles. The van der Waals surface area contributed by atoms with E-state index in [4.69, 9.17) is 9.97 Å². The standard InChI is InChI=1S/C18H29N3/c1-4-19-17-14-7-5-6-8-15(14)20-16(21-17)13-9-11-18(2,3)12-10-13/h13H,4-12H2,1-3H3,(H,19,20,21). The lowest BCUT2D eigenvalue weighted by Gasteiger charge is -2.34. The number of nitrogens with zero attached hydrogens (tertiary/aromatic N) is 2. The number of nitrogens with one attached hydrogen (secondary N) is 1. The Bertz CT molecular complexity index is 497. The van der Waals surface area contributed by atoms with Crippen molar-refractivity contribution in [1.82, 2.24) is 9.97 Å². The fourth-order valence-corrected chi connectivity index (χ4v) is 3.77. The third-order valence-corrected chi connectivity index (χ3v) is 5.25. The molecule has 3 heteroatoms. The van der Waals surface area contributed by atoms with E-state index in [1.807, 2.05) is 0 Å². The van der Waals surface area contributed by atoms with Crippen molar-refractivity contribution in [3.05, 3.63) is 17.1 Å². The second-order valence-corrected chi connectivity index (χ2v) is 7.53. The van der Waals surface area contributed by atoms with E-state index in [1.54, 1.807) is 0 Å². The molecule has 2 aliphatic rings. The summed E-state index contributed by atoms with van der Waals surface area (Å²) in [7, 11) is 0. The van der Waals surface area contributed by atoms with Crippen LogP contribution in [0.2, 0.25) is 0 Å². The predicted octanol–water partition coefficient (Wildman–Crippen LogP) is 4.47. The number of aryl methyl sites for hydroxylation is 1. The smallest absolute Gasteiger partial charge is 0.134 e. The summed E-state index contributed by atoms with van der Waals surface area (Å²) in [6.45, 7) is 7.88. The Morgan fingerprint density at radius 2 is 1.81 bits per heavy atom. The minimum atomic E-state index is 0.509. The van der Waals surface area contributed by atoms with Crippen LogP contribution >= 0.6 is 0 Å². The van der Waals surface area contributed by atoms with Crippen molar-refractivity contribution in [3.63, 3.8) is 0 Å². The summed E-state index contributed by atoms with van der Waals surface area (Å²) in [5.74, 6) is 2.81. The molecule has 1 saturated carbocycles. The molecule has 21 heavy (non-hydrogen) atoms. The maximum atomic E-state index is 4.98. The van der Waals surface area contributed by atoms with Crippen LogP contribution in [0.25, 0.3) is 0 Å². The highest BCUT2D eigenvalue weighted by Crippen LogP contribution is 2.42. The summed E-state index contributed by atoms with van der Waals surface area (Å²) in [5, 5.41) is 3.48. The highest BCUT2D eigenvalue weighted by atomic mass is 15.0. The fraction of sp³-hybridized carbons (Fsp3) is 0.778. The molecule has 0 atom stereocenters. The lowest BCUT2D eigenvalue weighted by atomic mass is 9.73. The summed E-state index contributed by atoms with van der Waals surface area (Å²) >= 11 is 0. The lowest BCUT2D eigenvalue weighted by Crippen LogP contribution is -2.23. The van der Waals surface area contributed by atoms with Gasteiger partial charge in [0.25, 0.3) is 0 Å². The van der Waals surface area contributed by atoms with Crippen LogP contribution in [-0.2, 0) is 12.8 Å². The predicted molar refractivity (Wildman–Crippen MR) is 87.8 cm³/mol. The molecule has 1 heterocycles. The molecule has 3 rings (SSSR count). The summed E-state index contributed by atoms with van der Waals surface area (Å²) in [6, 6.07) is 0. The molecule has 1 aromatic rings. The third kappa shape index (κ3) is 3.22. The van der Waals surface area contributed by atoms with Gasteiger partial charge in [0.1, 0.15) is 11.6 Å². The van der Waals surface area contributed by atoms with Gasteiger partial charge in [0.15, 0.2) is 0 Å². The molecule has 116 valence electrons. The number of hydrogen-bond acceptors (Lipinski definition) is 3. The number of fused-ring (bicyclic) bond motifs is 1. The summed E-state index contributed by atoms with van der Waals surface area (Å²) < 4.78 is 0. The van der Waals surface area contributed by atoms with Gasteiger partial charge in [-0.2, -0.15) is 0 Å². The van der Waals surface area contributed by atoms with Crippen LogP contribution < -0.4 is 5.32 Å². The zero-order valence-corrected chi connectivity index (χ0v) is 13.8. The zero-order valence-electron chi connectivity index (χ0n) is 13.8. The summed E-state index contributed by atoms with van der Waals surface area (Å²) in [5.41, 5.74) is 3.23. The van der Waals surface area contributed by atoms with Crippen molar-refractivity contribution in [2.24, 2.45) is 5.41 Å². The minimum Gasteiger partial charge on any atom is -0.370 e. The van der Waals surface area contributed by atoms with Gasteiger partial charge in [-0.3, -0.25) is 0 Å². The van der Waals surface area contributed by atoms with Crippen molar-refractivity contribution in [2.45, 2.75) is 78.1 Å². The van der Waals surface area contributed by atoms with Gasteiger partial charge >= 0.3 is 0 Å². The van der Waals surface area contributed by atoms with E-state index in [9.17, 15) is 0 Å². The molecule has 0 radical (unpaired) electrons. The molecule has 2 aliphatic carbocycles. The van der Waals surface area contributed by atoms with Gasteiger partial charge in [0.2, 0.25) is 0 Å². The Morgan fingerprint density at radius 3 is 2.52 bits per heavy atom. The molecule has 3 nitrogen and oxygen atoms in total. The van der Waals surface area contributed by atoms with Crippen LogP contribution in [0.15, 0.2) is 0 Å². The van der Waals surface area contributed by atoms with Gasteiger partial charge in [-0.05, 0) is 63.7 Å². The lowest BCUT2D eigenvalue weighted by molar-refractivity contribution is 0.220. The molecule has 1 N–H and O–H groups in total. The number of aromatic nitrogens is 2. The van der Waals surface area contributed by atoms with E-state index < -0.39 is 0 Å². The van der Waals surface area contributed by atoms with Gasteiger partial charge < -0.3 is 5.32 Å². The zero-order chi connectivity index (χ0) is 14.9. The Hall–Kier alpha value is -1.12. The van der Waals surface area contributed by atoms with E-state index in [1.165, 1.54) is 49.8 Å². The topological polar surface area (TPSA) is 37.8 Å². The van der Waals surface area contributed by atoms with Crippen molar-refractivity contribution >= 4 is 5.82 Å². The molecule has 0 aliphatic heterocycles. The van der Waals surface area contributed by atoms with E-state index >= 15 is 0 Å². The highest BCUT2D eigenvalue weighted by molar-refractivity contribution is 5.48. The minimum absolute atomic E-state index is 0.509. The Morgan fingerprint density at radius 1 is 1.10 bits per heavy atom. The van der Waals surface area contributed by atoms with Gasteiger partial charge in [-0.15, -0.1) is 0 Å². The van der Waals surface area contributed by atoms with Crippen LogP contribution in [0.4, 0.5) is 5.82 Å². The summed E-state index contributed by atoms with van der Waals surface area (Å²) in [6.07, 6.45) is 9.95. The van der Waals surface area contributed by atoms with E-state index in [-0.39, 0.29) is 0 Å². The van der Waals surface area contributed by atoms with Crippen molar-refractivity contribution in [1.29, 1.82) is 0 Å². The molecular weight excluding hydrogens is 258 g/mol. The first-order valence-corrected chi connectivity index (χ1v) is 8.72. The van der Waals surface area contributed by atoms with Crippen LogP contribution in [0.1, 0.15) is 82.3 Å². The number of hydrogen-bond donors (Lipinski definition) is 1. The second-order valence-electron chi connectivity index (χ2n) is 7.53. The Balaban J connectivity index is 1.87. The second kappa shape index (κ2) is 5.94. The molecule has 0 saturated heterocycles. The van der Waals surface area contributed by atoms with Crippen LogP contribution in [0.5, 0.6) is 0 Å². The first-order chi connectivity index (χ1) is 10.1. The Labute approximate surface area is 129 Å². The van der Waals surface area contributed by atoms with Crippen LogP contribution in [0, 0.1) is 5.41 Å². The molecule has 0 aromatic carbocycles. The van der Waals surface area contributed by atoms with Gasteiger partial charge in [-0.1, -0.05) is 13.8 Å². The van der Waals surface area contributed by atoms with Gasteiger partial charge in [0, 0.05) is 23.7 Å². The molecule has 0 unspecified atom stereocenters. The molecule has 0 bridgehead atoms. The molecular formula is C18H29N3. The monoisotopic (exact) mass is 287 g/mol. The SMILES string of the molecule is CCNc1nc(C2CCC(C)(C)CC2)nc2c1CCCC2. The first-order valence-electron chi connectivity index (χ1n) is 8.72. The highest BCUT2D eigenvalue weighted by Gasteiger charge is 2.30. The van der Waals surface area contributed by atoms with Crippen LogP contribution in [-0.4, -0.2) is 16.5 Å². The Kier molecular flexibility index (Phi) is 4.19. The normalized spacial score (nSPS) is 21.9. The van der Waals surface area contributed by atoms with Crippen LogP contribution in [0.3, 0.4) is 0 Å². The quantitative estimate of drug-likeness (QED) is 0.891. The third-order valence-electron chi connectivity index (χ3n) is 5.25.